The number of nitrogens with two attached hydrogens (primary N) is 2. The molecule has 2 nitrogen and oxygen atoms in total. The van der Waals surface area contributed by atoms with E-state index in [1.54, 1.807) is 0 Å². The number of hydrogen-bond donors (Lipinski definition) is 2. The zero-order valence-corrected chi connectivity index (χ0v) is 25.4. The maximum absolute atomic E-state index is 6.96. The highest BCUT2D eigenvalue weighted by molar-refractivity contribution is 6.32. The highest BCUT2D eigenvalue weighted by atomic mass is 35.5. The van der Waals surface area contributed by atoms with Crippen LogP contribution in [0.25, 0.3) is 0 Å². The van der Waals surface area contributed by atoms with E-state index >= 15 is 0 Å². The van der Waals surface area contributed by atoms with Crippen LogP contribution < -0.4 is 11.5 Å². The molecule has 37 heavy (non-hydrogen) atoms. The fraction of sp³-hybridized carbons (Fsp3) is 0.471. The summed E-state index contributed by atoms with van der Waals surface area (Å²) >= 11 is 6.96. The van der Waals surface area contributed by atoms with Crippen LogP contribution in [-0.2, 0) is 23.7 Å². The second kappa shape index (κ2) is 10.7. The van der Waals surface area contributed by atoms with Gasteiger partial charge in [-0.15, -0.1) is 0 Å². The summed E-state index contributed by atoms with van der Waals surface area (Å²) in [5, 5.41) is 0.802. The SMILES string of the molecule is CCc1cc(C(C)(C)c2ccc(C(C)(C)c3cc(C(C)C)c(N)c(C(C)C)c3)cc2)c(Cl)c(CC)c1N. The molecule has 0 heterocycles. The molecule has 0 bridgehead atoms. The van der Waals surface area contributed by atoms with Crippen molar-refractivity contribution in [2.24, 2.45) is 0 Å². The van der Waals surface area contributed by atoms with Gasteiger partial charge in [-0.25, -0.2) is 0 Å². The van der Waals surface area contributed by atoms with Crippen molar-refractivity contribution in [3.8, 4) is 0 Å². The van der Waals surface area contributed by atoms with Crippen LogP contribution in [0.1, 0.15) is 126 Å². The number of halogens is 1. The molecule has 3 rings (SSSR count). The van der Waals surface area contributed by atoms with E-state index in [1.807, 2.05) is 0 Å². The highest BCUT2D eigenvalue weighted by Crippen LogP contribution is 2.43. The summed E-state index contributed by atoms with van der Waals surface area (Å²) in [6.45, 7) is 22.3. The van der Waals surface area contributed by atoms with Gasteiger partial charge in [0, 0.05) is 27.2 Å². The third-order valence-electron chi connectivity index (χ3n) is 8.44. The lowest BCUT2D eigenvalue weighted by atomic mass is 9.73. The van der Waals surface area contributed by atoms with Crippen LogP contribution >= 0.6 is 11.6 Å². The van der Waals surface area contributed by atoms with Gasteiger partial charge in [-0.1, -0.05) is 123 Å². The van der Waals surface area contributed by atoms with Crippen LogP contribution in [0.4, 0.5) is 11.4 Å². The van der Waals surface area contributed by atoms with Crippen LogP contribution in [0.5, 0.6) is 0 Å². The summed E-state index contributed by atoms with van der Waals surface area (Å²) in [5.74, 6) is 0.754. The van der Waals surface area contributed by atoms with Crippen molar-refractivity contribution in [2.45, 2.75) is 105 Å². The maximum atomic E-state index is 6.96. The Morgan fingerprint density at radius 1 is 0.676 bits per heavy atom. The Kier molecular flexibility index (Phi) is 8.44. The van der Waals surface area contributed by atoms with Crippen molar-refractivity contribution in [3.63, 3.8) is 0 Å². The van der Waals surface area contributed by atoms with E-state index in [0.29, 0.717) is 11.8 Å². The van der Waals surface area contributed by atoms with E-state index in [9.17, 15) is 0 Å². The second-order valence-electron chi connectivity index (χ2n) is 12.2. The minimum atomic E-state index is -0.252. The zero-order chi connectivity index (χ0) is 27.9. The molecule has 0 fully saturated rings. The van der Waals surface area contributed by atoms with Gasteiger partial charge in [0.1, 0.15) is 0 Å². The van der Waals surface area contributed by atoms with Gasteiger partial charge >= 0.3 is 0 Å². The van der Waals surface area contributed by atoms with E-state index in [2.05, 4.69) is 112 Å². The molecule has 0 spiro atoms. The summed E-state index contributed by atoms with van der Waals surface area (Å²) in [7, 11) is 0. The van der Waals surface area contributed by atoms with Gasteiger partial charge in [-0.05, 0) is 69.2 Å². The third-order valence-corrected chi connectivity index (χ3v) is 8.87. The quantitative estimate of drug-likeness (QED) is 0.291. The van der Waals surface area contributed by atoms with Crippen molar-refractivity contribution in [2.75, 3.05) is 11.5 Å². The van der Waals surface area contributed by atoms with Gasteiger partial charge in [0.15, 0.2) is 0 Å². The predicted octanol–water partition coefficient (Wildman–Crippen LogP) is 9.53. The fourth-order valence-electron chi connectivity index (χ4n) is 5.52. The van der Waals surface area contributed by atoms with Crippen molar-refractivity contribution in [1.82, 2.24) is 0 Å². The molecule has 0 aliphatic carbocycles. The lowest BCUT2D eigenvalue weighted by molar-refractivity contribution is 0.623. The van der Waals surface area contributed by atoms with Gasteiger partial charge in [-0.3, -0.25) is 0 Å². The smallest absolute Gasteiger partial charge is 0.0499 e. The second-order valence-corrected chi connectivity index (χ2v) is 12.6. The summed E-state index contributed by atoms with van der Waals surface area (Å²) in [6.07, 6.45) is 1.72. The first-order chi connectivity index (χ1) is 17.2. The molecular formula is C34H47ClN2. The van der Waals surface area contributed by atoms with Crippen LogP contribution in [-0.4, -0.2) is 0 Å². The molecule has 200 valence electrons. The van der Waals surface area contributed by atoms with Crippen molar-refractivity contribution < 1.29 is 0 Å². The van der Waals surface area contributed by atoms with Crippen LogP contribution in [0.2, 0.25) is 5.02 Å². The van der Waals surface area contributed by atoms with Crippen molar-refractivity contribution >= 4 is 23.0 Å². The molecule has 0 radical (unpaired) electrons. The van der Waals surface area contributed by atoms with E-state index in [-0.39, 0.29) is 10.8 Å². The lowest BCUT2D eigenvalue weighted by Crippen LogP contribution is -2.23. The molecule has 0 saturated carbocycles. The van der Waals surface area contributed by atoms with E-state index in [0.717, 1.165) is 40.4 Å². The third kappa shape index (κ3) is 5.28. The van der Waals surface area contributed by atoms with E-state index in [1.165, 1.54) is 33.4 Å². The number of anilines is 2. The Balaban J connectivity index is 2.09. The van der Waals surface area contributed by atoms with E-state index < -0.39 is 0 Å². The number of aryl methyl sites for hydroxylation is 1. The predicted molar refractivity (Wildman–Crippen MR) is 164 cm³/mol. The van der Waals surface area contributed by atoms with Crippen molar-refractivity contribution in [1.29, 1.82) is 0 Å². The Hall–Kier alpha value is -2.45. The molecule has 0 aromatic heterocycles. The first-order valence-electron chi connectivity index (χ1n) is 13.8. The molecule has 3 heteroatoms. The number of hydrogen-bond acceptors (Lipinski definition) is 2. The number of rotatable bonds is 8. The van der Waals surface area contributed by atoms with Crippen LogP contribution in [0.15, 0.2) is 42.5 Å². The summed E-state index contributed by atoms with van der Waals surface area (Å²) in [5.41, 5.74) is 24.1. The van der Waals surface area contributed by atoms with E-state index in [4.69, 9.17) is 23.1 Å². The number of nitrogen functional groups attached to an aromatic ring is 2. The first-order valence-corrected chi connectivity index (χ1v) is 14.2. The van der Waals surface area contributed by atoms with Crippen molar-refractivity contribution in [3.05, 3.63) is 92.0 Å². The fourth-order valence-corrected chi connectivity index (χ4v) is 6.05. The summed E-state index contributed by atoms with van der Waals surface area (Å²) in [4.78, 5) is 0. The monoisotopic (exact) mass is 518 g/mol. The average molecular weight is 519 g/mol. The number of benzene rings is 3. The minimum absolute atomic E-state index is 0.159. The molecule has 0 saturated heterocycles. The Labute approximate surface area is 230 Å². The standard InChI is InChI=1S/C34H47ClN2/c1-11-22-17-29(30(35)26(12-2)31(22)36)34(9,10)24-15-13-23(14-16-24)33(7,8)25-18-27(20(3)4)32(37)28(19-25)21(5)6/h13-21H,11-12,36-37H2,1-10H3. The Morgan fingerprint density at radius 2 is 1.14 bits per heavy atom. The van der Waals surface area contributed by atoms with Crippen LogP contribution in [0.3, 0.4) is 0 Å². The van der Waals surface area contributed by atoms with Gasteiger partial charge in [0.05, 0.1) is 0 Å². The maximum Gasteiger partial charge on any atom is 0.0499 e. The molecule has 0 unspecified atom stereocenters. The highest BCUT2D eigenvalue weighted by Gasteiger charge is 2.30. The Morgan fingerprint density at radius 3 is 1.54 bits per heavy atom. The average Bonchev–Trinajstić information content (AvgIpc) is 2.84. The first kappa shape index (κ1) is 29.1. The van der Waals surface area contributed by atoms with Gasteiger partial charge in [0.25, 0.3) is 0 Å². The van der Waals surface area contributed by atoms with Gasteiger partial charge in [0.2, 0.25) is 0 Å². The molecule has 3 aromatic carbocycles. The Bertz CT molecular complexity index is 1230. The molecule has 0 amide bonds. The molecular weight excluding hydrogens is 472 g/mol. The summed E-state index contributed by atoms with van der Waals surface area (Å²) in [6, 6.07) is 15.9. The zero-order valence-electron chi connectivity index (χ0n) is 24.6. The molecule has 0 atom stereocenters. The molecule has 3 aromatic rings. The summed E-state index contributed by atoms with van der Waals surface area (Å²) < 4.78 is 0. The normalized spacial score (nSPS) is 12.6. The topological polar surface area (TPSA) is 52.0 Å². The molecule has 0 aliphatic heterocycles. The van der Waals surface area contributed by atoms with Crippen LogP contribution in [0, 0.1) is 0 Å². The molecule has 0 aliphatic rings. The van der Waals surface area contributed by atoms with Gasteiger partial charge < -0.3 is 11.5 Å². The van der Waals surface area contributed by atoms with Gasteiger partial charge in [-0.2, -0.15) is 0 Å². The minimum Gasteiger partial charge on any atom is -0.398 e. The lowest BCUT2D eigenvalue weighted by Gasteiger charge is -2.32. The molecule has 4 N–H and O–H groups in total. The largest absolute Gasteiger partial charge is 0.398 e.